The van der Waals surface area contributed by atoms with Crippen molar-refractivity contribution in [3.05, 3.63) is 135 Å². The third-order valence-corrected chi connectivity index (χ3v) is 8.50. The molecule has 49 heavy (non-hydrogen) atoms. The molecule has 0 spiro atoms. The summed E-state index contributed by atoms with van der Waals surface area (Å²) in [5.41, 5.74) is 1.65. The first-order valence-corrected chi connectivity index (χ1v) is 15.4. The quantitative estimate of drug-likeness (QED) is 0.0875. The van der Waals surface area contributed by atoms with E-state index < -0.39 is 59.1 Å². The molecule has 4 N–H and O–H groups in total. The van der Waals surface area contributed by atoms with Gasteiger partial charge in [-0.15, -0.1) is 0 Å². The van der Waals surface area contributed by atoms with E-state index in [1.54, 1.807) is 48.5 Å². The van der Waals surface area contributed by atoms with Gasteiger partial charge in [-0.25, -0.2) is 22.0 Å². The summed E-state index contributed by atoms with van der Waals surface area (Å²) in [7, 11) is 1.84. The van der Waals surface area contributed by atoms with Crippen LogP contribution in [-0.2, 0) is 22.6 Å². The molecule has 1 amide bonds. The molecule has 1 fully saturated rings. The number of nitrogens with one attached hydrogen (secondary N) is 1. The lowest BCUT2D eigenvalue weighted by molar-refractivity contribution is -0.276. The SMILES string of the molecule is C[C@@H]1[C@H](CN(C)C[C@@H](O)c2cccc(O)c2)O[C@H](c2ccc(CNC(=O)c3c(F)c(F)c(F)c(F)c3F)cc2)O[C@@H]1c1ccc(CO)cc1. The van der Waals surface area contributed by atoms with E-state index in [9.17, 15) is 42.1 Å². The summed E-state index contributed by atoms with van der Waals surface area (Å²) < 4.78 is 81.6. The van der Waals surface area contributed by atoms with Gasteiger partial charge in [-0.05, 0) is 41.4 Å². The van der Waals surface area contributed by atoms with E-state index in [2.05, 4.69) is 5.32 Å². The second-order valence-corrected chi connectivity index (χ2v) is 12.0. The van der Waals surface area contributed by atoms with Crippen molar-refractivity contribution in [3.8, 4) is 5.75 Å². The number of aliphatic hydroxyl groups is 2. The van der Waals surface area contributed by atoms with Crippen molar-refractivity contribution >= 4 is 5.91 Å². The number of hydrogen-bond acceptors (Lipinski definition) is 7. The molecule has 0 bridgehead atoms. The van der Waals surface area contributed by atoms with Gasteiger partial charge in [0.1, 0.15) is 11.3 Å². The highest BCUT2D eigenvalue weighted by Crippen LogP contribution is 2.42. The van der Waals surface area contributed by atoms with Gasteiger partial charge < -0.3 is 35.0 Å². The first-order chi connectivity index (χ1) is 23.4. The maximum Gasteiger partial charge on any atom is 0.257 e. The number of amides is 1. The number of carbonyl (C=O) groups excluding carboxylic acids is 1. The standard InChI is InChI=1S/C36H35F5N2O6/c1-19-27(17-43(2)16-26(46)24-4-3-5-25(45)14-24)48-36(49-34(19)22-10-8-21(18-44)9-11-22)23-12-6-20(7-13-23)15-42-35(47)28-29(37)31(39)33(41)32(40)30(28)38/h3-14,19,26-27,34,36,44-46H,15-18H2,1-2H3,(H,42,47)/t19-,26-,27+,34+,36+/m1/s1. The van der Waals surface area contributed by atoms with Crippen molar-refractivity contribution in [1.29, 1.82) is 0 Å². The van der Waals surface area contributed by atoms with E-state index in [0.29, 0.717) is 23.2 Å². The molecular formula is C36H35F5N2O6. The van der Waals surface area contributed by atoms with Crippen molar-refractivity contribution in [1.82, 2.24) is 10.2 Å². The Hall–Kier alpha value is -4.40. The molecule has 0 saturated carbocycles. The maximum atomic E-state index is 14.1. The summed E-state index contributed by atoms with van der Waals surface area (Å²) in [4.78, 5) is 14.3. The Morgan fingerprint density at radius 3 is 2.06 bits per heavy atom. The van der Waals surface area contributed by atoms with Crippen LogP contribution < -0.4 is 5.32 Å². The van der Waals surface area contributed by atoms with E-state index in [1.165, 1.54) is 12.1 Å². The van der Waals surface area contributed by atoms with Crippen LogP contribution in [0.1, 0.15) is 63.6 Å². The van der Waals surface area contributed by atoms with Crippen LogP contribution in [0.25, 0.3) is 0 Å². The average molecular weight is 687 g/mol. The number of rotatable bonds is 11. The molecule has 13 heteroatoms. The molecule has 260 valence electrons. The lowest BCUT2D eigenvalue weighted by Gasteiger charge is -2.42. The van der Waals surface area contributed by atoms with Crippen LogP contribution >= 0.6 is 0 Å². The van der Waals surface area contributed by atoms with Gasteiger partial charge in [-0.2, -0.15) is 0 Å². The first-order valence-electron chi connectivity index (χ1n) is 15.4. The molecule has 8 nitrogen and oxygen atoms in total. The van der Waals surface area contributed by atoms with Gasteiger partial charge in [0.25, 0.3) is 5.91 Å². The van der Waals surface area contributed by atoms with E-state index in [0.717, 1.165) is 11.1 Å². The molecule has 0 aromatic heterocycles. The molecule has 0 unspecified atom stereocenters. The van der Waals surface area contributed by atoms with Crippen LogP contribution in [0.5, 0.6) is 5.75 Å². The number of nitrogens with zero attached hydrogens (tertiary/aromatic N) is 1. The predicted molar refractivity (Wildman–Crippen MR) is 167 cm³/mol. The van der Waals surface area contributed by atoms with Crippen molar-refractivity contribution in [2.24, 2.45) is 5.92 Å². The molecule has 4 aromatic carbocycles. The van der Waals surface area contributed by atoms with E-state index in [1.807, 2.05) is 31.0 Å². The average Bonchev–Trinajstić information content (AvgIpc) is 3.10. The number of aliphatic hydroxyl groups excluding tert-OH is 2. The van der Waals surface area contributed by atoms with Gasteiger partial charge >= 0.3 is 0 Å². The largest absolute Gasteiger partial charge is 0.508 e. The molecule has 0 radical (unpaired) electrons. The van der Waals surface area contributed by atoms with Gasteiger partial charge in [0.2, 0.25) is 5.82 Å². The van der Waals surface area contributed by atoms with Gasteiger partial charge in [0.05, 0.1) is 24.9 Å². The number of benzene rings is 4. The number of carbonyl (C=O) groups is 1. The maximum absolute atomic E-state index is 14.1. The van der Waals surface area contributed by atoms with Crippen molar-refractivity contribution in [3.63, 3.8) is 0 Å². The monoisotopic (exact) mass is 686 g/mol. The summed E-state index contributed by atoms with van der Waals surface area (Å²) in [6, 6.07) is 20.3. The van der Waals surface area contributed by atoms with Gasteiger partial charge in [-0.3, -0.25) is 4.79 Å². The Morgan fingerprint density at radius 1 is 0.857 bits per heavy atom. The van der Waals surface area contributed by atoms with Gasteiger partial charge in [-0.1, -0.05) is 67.6 Å². The first kappa shape index (κ1) is 35.9. The second-order valence-electron chi connectivity index (χ2n) is 12.0. The zero-order chi connectivity index (χ0) is 35.4. The summed E-state index contributed by atoms with van der Waals surface area (Å²) in [6.45, 7) is 2.25. The Bertz CT molecular complexity index is 1750. The number of hydrogen-bond donors (Lipinski definition) is 4. The topological polar surface area (TPSA) is 111 Å². The van der Waals surface area contributed by atoms with Crippen LogP contribution in [0.4, 0.5) is 22.0 Å². The van der Waals surface area contributed by atoms with E-state index >= 15 is 0 Å². The molecule has 1 heterocycles. The molecule has 1 saturated heterocycles. The predicted octanol–water partition coefficient (Wildman–Crippen LogP) is 5.97. The van der Waals surface area contributed by atoms with Gasteiger partial charge in [0.15, 0.2) is 29.6 Å². The highest BCUT2D eigenvalue weighted by molar-refractivity contribution is 5.94. The number of halogens is 5. The molecule has 1 aliphatic rings. The third-order valence-electron chi connectivity index (χ3n) is 8.50. The highest BCUT2D eigenvalue weighted by Gasteiger charge is 2.39. The Balaban J connectivity index is 1.31. The van der Waals surface area contributed by atoms with Crippen LogP contribution in [0.3, 0.4) is 0 Å². The highest BCUT2D eigenvalue weighted by atomic mass is 19.2. The fourth-order valence-electron chi connectivity index (χ4n) is 5.71. The second kappa shape index (κ2) is 15.4. The van der Waals surface area contributed by atoms with Crippen molar-refractivity contribution in [2.75, 3.05) is 20.1 Å². The van der Waals surface area contributed by atoms with Crippen molar-refractivity contribution in [2.45, 2.75) is 44.7 Å². The zero-order valence-electron chi connectivity index (χ0n) is 26.5. The Morgan fingerprint density at radius 2 is 1.45 bits per heavy atom. The smallest absolute Gasteiger partial charge is 0.257 e. The van der Waals surface area contributed by atoms with Crippen LogP contribution in [0.2, 0.25) is 0 Å². The summed E-state index contributed by atoms with van der Waals surface area (Å²) >= 11 is 0. The van der Waals surface area contributed by atoms with Crippen LogP contribution in [-0.4, -0.2) is 52.4 Å². The Labute approximate surface area is 279 Å². The number of phenols is 1. The minimum Gasteiger partial charge on any atom is -0.508 e. The lowest BCUT2D eigenvalue weighted by Crippen LogP contribution is -2.44. The lowest BCUT2D eigenvalue weighted by atomic mass is 9.90. The molecular weight excluding hydrogens is 651 g/mol. The van der Waals surface area contributed by atoms with Crippen LogP contribution in [0, 0.1) is 35.0 Å². The van der Waals surface area contributed by atoms with E-state index in [-0.39, 0.29) is 37.5 Å². The minimum atomic E-state index is -2.35. The van der Waals surface area contributed by atoms with Crippen LogP contribution in [0.15, 0.2) is 72.8 Å². The molecule has 5 rings (SSSR count). The number of aromatic hydroxyl groups is 1. The third kappa shape index (κ3) is 8.09. The molecule has 5 atom stereocenters. The zero-order valence-corrected chi connectivity index (χ0v) is 26.5. The molecule has 1 aliphatic heterocycles. The fraction of sp³-hybridized carbons (Fsp3) is 0.306. The fourth-order valence-corrected chi connectivity index (χ4v) is 5.71. The number of likely N-dealkylation sites (N-methyl/N-ethyl adjacent to an activating group) is 1. The normalized spacial score (nSPS) is 20.0. The summed E-state index contributed by atoms with van der Waals surface area (Å²) in [5.74, 6) is -12.8. The van der Waals surface area contributed by atoms with Gasteiger partial charge in [0, 0.05) is 31.1 Å². The Kier molecular flexibility index (Phi) is 11.3. The summed E-state index contributed by atoms with van der Waals surface area (Å²) in [6.07, 6.45) is -2.54. The minimum absolute atomic E-state index is 0.0494. The molecule has 0 aliphatic carbocycles. The molecule has 4 aromatic rings. The van der Waals surface area contributed by atoms with E-state index in [4.69, 9.17) is 9.47 Å². The number of ether oxygens (including phenoxy) is 2. The van der Waals surface area contributed by atoms with Crippen molar-refractivity contribution < 1.29 is 51.5 Å². The summed E-state index contributed by atoms with van der Waals surface area (Å²) in [5, 5.41) is 32.3. The number of phenolic OH excluding ortho intramolecular Hbond substituents is 1.